The van der Waals surface area contributed by atoms with E-state index in [1.165, 1.54) is 11.2 Å². The summed E-state index contributed by atoms with van der Waals surface area (Å²) >= 11 is 6.07. The molecule has 1 aliphatic rings. The Morgan fingerprint density at radius 3 is 2.83 bits per heavy atom. The highest BCUT2D eigenvalue weighted by Crippen LogP contribution is 2.23. The Morgan fingerprint density at radius 2 is 2.17 bits per heavy atom. The van der Waals surface area contributed by atoms with Crippen LogP contribution in [0.4, 0.5) is 5.69 Å². The van der Waals surface area contributed by atoms with Crippen molar-refractivity contribution < 1.29 is 14.4 Å². The van der Waals surface area contributed by atoms with Gasteiger partial charge in [-0.25, -0.2) is 9.67 Å². The van der Waals surface area contributed by atoms with Crippen molar-refractivity contribution in [2.45, 2.75) is 26.1 Å². The van der Waals surface area contributed by atoms with Gasteiger partial charge in [0, 0.05) is 5.02 Å². The number of halogens is 1. The molecule has 3 atom stereocenters. The van der Waals surface area contributed by atoms with E-state index in [0.717, 1.165) is 18.8 Å². The van der Waals surface area contributed by atoms with Crippen LogP contribution >= 0.6 is 11.6 Å². The molecule has 7 nitrogen and oxygen atoms in total. The average Bonchev–Trinajstić information content (AvgIpc) is 3.00. The number of hydrogen-bond donors (Lipinski definition) is 2. The van der Waals surface area contributed by atoms with Gasteiger partial charge in [-0.1, -0.05) is 11.6 Å². The zero-order valence-corrected chi connectivity index (χ0v) is 14.5. The van der Waals surface area contributed by atoms with E-state index < -0.39 is 0 Å². The van der Waals surface area contributed by atoms with Crippen LogP contribution in [-0.4, -0.2) is 52.5 Å². The topological polar surface area (TPSA) is 73.5 Å². The van der Waals surface area contributed by atoms with E-state index in [1.54, 1.807) is 29.2 Å². The molecular formula is C16H21ClN5O2+. The molecule has 1 fully saturated rings. The molecule has 0 spiro atoms. The first-order valence-corrected chi connectivity index (χ1v) is 8.32. The third-order valence-electron chi connectivity index (χ3n) is 3.93. The van der Waals surface area contributed by atoms with E-state index in [0.29, 0.717) is 17.3 Å². The first kappa shape index (κ1) is 16.9. The number of amides is 1. The van der Waals surface area contributed by atoms with E-state index in [4.69, 9.17) is 16.3 Å². The van der Waals surface area contributed by atoms with E-state index >= 15 is 0 Å². The lowest BCUT2D eigenvalue weighted by molar-refractivity contribution is -0.907. The molecule has 24 heavy (non-hydrogen) atoms. The lowest BCUT2D eigenvalue weighted by atomic mass is 10.2. The Balaban J connectivity index is 1.71. The number of anilines is 1. The van der Waals surface area contributed by atoms with Crippen molar-refractivity contribution in [3.63, 3.8) is 0 Å². The van der Waals surface area contributed by atoms with Gasteiger partial charge in [0.05, 0.1) is 11.4 Å². The van der Waals surface area contributed by atoms with Crippen LogP contribution in [0.2, 0.25) is 5.02 Å². The molecule has 3 rings (SSSR count). The van der Waals surface area contributed by atoms with Gasteiger partial charge in [0.25, 0.3) is 5.91 Å². The van der Waals surface area contributed by atoms with Gasteiger partial charge in [0.15, 0.2) is 6.54 Å². The molecule has 1 unspecified atom stereocenters. The lowest BCUT2D eigenvalue weighted by Crippen LogP contribution is -3.16. The monoisotopic (exact) mass is 350 g/mol. The molecule has 0 aliphatic carbocycles. The summed E-state index contributed by atoms with van der Waals surface area (Å²) in [6, 6.07) is 5.28. The molecule has 128 valence electrons. The summed E-state index contributed by atoms with van der Waals surface area (Å²) in [7, 11) is 0. The first-order valence-electron chi connectivity index (χ1n) is 7.94. The third-order valence-corrected chi connectivity index (χ3v) is 4.16. The Hall–Kier alpha value is -1.96. The van der Waals surface area contributed by atoms with Gasteiger partial charge in [0.1, 0.15) is 38.0 Å². The summed E-state index contributed by atoms with van der Waals surface area (Å²) in [5.74, 6) is -0.0602. The number of ether oxygens (including phenoxy) is 1. The molecule has 0 bridgehead atoms. The van der Waals surface area contributed by atoms with Crippen LogP contribution in [0.5, 0.6) is 0 Å². The van der Waals surface area contributed by atoms with E-state index in [2.05, 4.69) is 15.4 Å². The molecule has 1 amide bonds. The summed E-state index contributed by atoms with van der Waals surface area (Å²) < 4.78 is 7.31. The van der Waals surface area contributed by atoms with Gasteiger partial charge in [-0.2, -0.15) is 5.10 Å². The van der Waals surface area contributed by atoms with Crippen molar-refractivity contribution in [3.8, 4) is 5.69 Å². The molecule has 1 saturated heterocycles. The zero-order valence-electron chi connectivity index (χ0n) is 13.7. The predicted octanol–water partition coefficient (Wildman–Crippen LogP) is 0.551. The SMILES string of the molecule is C[C@@H]1C[NH+](CC(=O)Nc2cc(Cl)ccc2-n2cncn2)C[C@H](C)O1. The molecule has 1 aliphatic heterocycles. The summed E-state index contributed by atoms with van der Waals surface area (Å²) in [6.45, 7) is 6.11. The smallest absolute Gasteiger partial charge is 0.279 e. The minimum Gasteiger partial charge on any atom is -0.364 e. The first-order chi connectivity index (χ1) is 11.5. The number of morpholine rings is 1. The number of nitrogens with zero attached hydrogens (tertiary/aromatic N) is 3. The van der Waals surface area contributed by atoms with E-state index in [9.17, 15) is 4.79 Å². The summed E-state index contributed by atoms with van der Waals surface area (Å²) in [6.07, 6.45) is 3.35. The molecule has 2 heterocycles. The molecule has 0 saturated carbocycles. The van der Waals surface area contributed by atoms with Gasteiger partial charge >= 0.3 is 0 Å². The fourth-order valence-electron chi connectivity index (χ4n) is 3.10. The van der Waals surface area contributed by atoms with Crippen LogP contribution in [0.1, 0.15) is 13.8 Å². The molecular weight excluding hydrogens is 330 g/mol. The Labute approximate surface area is 145 Å². The van der Waals surface area contributed by atoms with E-state index in [-0.39, 0.29) is 18.1 Å². The summed E-state index contributed by atoms with van der Waals surface area (Å²) in [5.41, 5.74) is 1.34. The van der Waals surface area contributed by atoms with E-state index in [1.807, 2.05) is 13.8 Å². The molecule has 2 N–H and O–H groups in total. The number of aromatic nitrogens is 3. The van der Waals surface area contributed by atoms with Gasteiger partial charge in [-0.3, -0.25) is 4.79 Å². The van der Waals surface area contributed by atoms with Crippen LogP contribution in [0.3, 0.4) is 0 Å². The molecule has 1 aromatic heterocycles. The Bertz CT molecular complexity index is 696. The maximum Gasteiger partial charge on any atom is 0.279 e. The molecule has 0 radical (unpaired) electrons. The highest BCUT2D eigenvalue weighted by atomic mass is 35.5. The van der Waals surface area contributed by atoms with Crippen LogP contribution < -0.4 is 10.2 Å². The van der Waals surface area contributed by atoms with Gasteiger partial charge in [-0.05, 0) is 32.0 Å². The number of benzene rings is 1. The number of rotatable bonds is 4. The second-order valence-corrected chi connectivity index (χ2v) is 6.58. The minimum absolute atomic E-state index is 0.0602. The molecule has 1 aromatic carbocycles. The van der Waals surface area contributed by atoms with Crippen LogP contribution in [-0.2, 0) is 9.53 Å². The largest absolute Gasteiger partial charge is 0.364 e. The van der Waals surface area contributed by atoms with Crippen LogP contribution in [0, 0.1) is 0 Å². The number of quaternary nitrogens is 1. The zero-order chi connectivity index (χ0) is 17.1. The Morgan fingerprint density at radius 1 is 1.42 bits per heavy atom. The maximum atomic E-state index is 12.5. The fourth-order valence-corrected chi connectivity index (χ4v) is 3.27. The van der Waals surface area contributed by atoms with Gasteiger partial charge in [-0.15, -0.1) is 0 Å². The van der Waals surface area contributed by atoms with Crippen molar-refractivity contribution in [2.24, 2.45) is 0 Å². The highest BCUT2D eigenvalue weighted by molar-refractivity contribution is 6.31. The Kier molecular flexibility index (Phi) is 5.13. The number of carbonyl (C=O) groups is 1. The number of nitrogens with one attached hydrogen (secondary N) is 2. The second-order valence-electron chi connectivity index (χ2n) is 6.14. The molecule has 8 heteroatoms. The quantitative estimate of drug-likeness (QED) is 0.844. The fraction of sp³-hybridized carbons (Fsp3) is 0.438. The van der Waals surface area contributed by atoms with Crippen molar-refractivity contribution in [1.29, 1.82) is 0 Å². The standard InChI is InChI=1S/C16H20ClN5O2/c1-11-6-21(7-12(2)24-11)8-16(23)20-14-5-13(17)3-4-15(14)22-10-18-9-19-22/h3-5,9-12H,6-8H2,1-2H3,(H,20,23)/p+1/t11-,12+. The minimum atomic E-state index is -0.0602. The van der Waals surface area contributed by atoms with Crippen molar-refractivity contribution in [3.05, 3.63) is 35.9 Å². The number of carbonyl (C=O) groups excluding carboxylic acids is 1. The van der Waals surface area contributed by atoms with Crippen LogP contribution in [0.25, 0.3) is 5.69 Å². The summed E-state index contributed by atoms with van der Waals surface area (Å²) in [4.78, 5) is 17.6. The second kappa shape index (κ2) is 7.29. The third kappa shape index (κ3) is 4.11. The normalized spacial score (nSPS) is 23.9. The maximum absolute atomic E-state index is 12.5. The summed E-state index contributed by atoms with van der Waals surface area (Å²) in [5, 5.41) is 7.60. The van der Waals surface area contributed by atoms with Gasteiger partial charge < -0.3 is 15.0 Å². The number of hydrogen-bond acceptors (Lipinski definition) is 4. The van der Waals surface area contributed by atoms with Crippen molar-refractivity contribution in [2.75, 3.05) is 25.0 Å². The van der Waals surface area contributed by atoms with Gasteiger partial charge in [0.2, 0.25) is 0 Å². The highest BCUT2D eigenvalue weighted by Gasteiger charge is 2.27. The average molecular weight is 351 g/mol. The van der Waals surface area contributed by atoms with Crippen LogP contribution in [0.15, 0.2) is 30.9 Å². The van der Waals surface area contributed by atoms with Crippen molar-refractivity contribution in [1.82, 2.24) is 14.8 Å². The predicted molar refractivity (Wildman–Crippen MR) is 90.6 cm³/mol. The van der Waals surface area contributed by atoms with Crippen molar-refractivity contribution >= 4 is 23.2 Å². The lowest BCUT2D eigenvalue weighted by Gasteiger charge is -2.31. The molecule has 2 aromatic rings.